The number of aliphatic hydroxyl groups excluding tert-OH is 1. The molecule has 1 N–H and O–H groups in total. The summed E-state index contributed by atoms with van der Waals surface area (Å²) in [5.41, 5.74) is 0.883. The Morgan fingerprint density at radius 1 is 1.38 bits per heavy atom. The Bertz CT molecular complexity index is 596. The molecular weight excluding hydrogens is 326 g/mol. The van der Waals surface area contributed by atoms with E-state index in [-0.39, 0.29) is 17.9 Å². The summed E-state index contributed by atoms with van der Waals surface area (Å²) < 4.78 is 0. The Balaban J connectivity index is 2.14. The second-order valence-electron chi connectivity index (χ2n) is 6.88. The maximum absolute atomic E-state index is 12.9. The summed E-state index contributed by atoms with van der Waals surface area (Å²) in [6.45, 7) is 7.58. The zero-order valence-corrected chi connectivity index (χ0v) is 15.8. The van der Waals surface area contributed by atoms with Gasteiger partial charge in [0.05, 0.1) is 23.4 Å². The van der Waals surface area contributed by atoms with Crippen molar-refractivity contribution in [2.45, 2.75) is 71.2 Å². The Hall–Kier alpha value is -1.47. The van der Waals surface area contributed by atoms with E-state index in [9.17, 15) is 14.7 Å². The van der Waals surface area contributed by atoms with Gasteiger partial charge in [-0.15, -0.1) is 11.3 Å². The van der Waals surface area contributed by atoms with Crippen LogP contribution in [0.5, 0.6) is 0 Å². The molecule has 1 aromatic heterocycles. The van der Waals surface area contributed by atoms with Crippen LogP contribution in [0.2, 0.25) is 0 Å². The van der Waals surface area contributed by atoms with Gasteiger partial charge < -0.3 is 14.9 Å². The van der Waals surface area contributed by atoms with Crippen molar-refractivity contribution in [1.82, 2.24) is 14.8 Å². The molecule has 1 fully saturated rings. The number of likely N-dealkylation sites (N-methyl/N-ethyl adjacent to an activating group) is 1. The number of aliphatic hydroxyl groups is 1. The van der Waals surface area contributed by atoms with E-state index in [1.165, 1.54) is 18.7 Å². The molecule has 1 saturated carbocycles. The number of carbonyl (C=O) groups excluding carboxylic acids is 2. The van der Waals surface area contributed by atoms with Gasteiger partial charge in [0.1, 0.15) is 6.04 Å². The van der Waals surface area contributed by atoms with Gasteiger partial charge in [0.2, 0.25) is 0 Å². The normalized spacial score (nSPS) is 16.8. The number of aromatic nitrogens is 1. The summed E-state index contributed by atoms with van der Waals surface area (Å²) in [7, 11) is 1.58. The SMILES string of the molecule is CC(=O)C(C(C)O)N(C)C(=O)N(Cc1csc(C(C)C)n1)C1CC1. The van der Waals surface area contributed by atoms with Gasteiger partial charge in [-0.2, -0.15) is 0 Å². The van der Waals surface area contributed by atoms with Gasteiger partial charge in [-0.05, 0) is 26.7 Å². The third kappa shape index (κ3) is 4.33. The molecule has 134 valence electrons. The van der Waals surface area contributed by atoms with Gasteiger partial charge >= 0.3 is 6.03 Å². The fraction of sp³-hybridized carbons (Fsp3) is 0.706. The molecule has 0 radical (unpaired) electrons. The highest BCUT2D eigenvalue weighted by atomic mass is 32.1. The monoisotopic (exact) mass is 353 g/mol. The van der Waals surface area contributed by atoms with Gasteiger partial charge in [0.25, 0.3) is 0 Å². The van der Waals surface area contributed by atoms with Crippen LogP contribution in [0.25, 0.3) is 0 Å². The molecule has 2 amide bonds. The summed E-state index contributed by atoms with van der Waals surface area (Å²) in [4.78, 5) is 32.4. The van der Waals surface area contributed by atoms with Gasteiger partial charge in [0, 0.05) is 24.4 Å². The van der Waals surface area contributed by atoms with Crippen molar-refractivity contribution in [3.05, 3.63) is 16.1 Å². The molecule has 0 saturated heterocycles. The van der Waals surface area contributed by atoms with E-state index in [1.807, 2.05) is 5.38 Å². The lowest BCUT2D eigenvalue weighted by molar-refractivity contribution is -0.124. The first-order chi connectivity index (χ1) is 11.2. The standard InChI is InChI=1S/C17H27N3O3S/c1-10(2)16-18-13(9-24-16)8-20(14-6-7-14)17(23)19(5)15(11(3)21)12(4)22/h9-11,14-15,21H,6-8H2,1-5H3. The number of thiazole rings is 1. The first kappa shape index (κ1) is 18.9. The van der Waals surface area contributed by atoms with Crippen molar-refractivity contribution in [2.24, 2.45) is 0 Å². The smallest absolute Gasteiger partial charge is 0.321 e. The number of amides is 2. The van der Waals surface area contributed by atoms with E-state index in [4.69, 9.17) is 0 Å². The van der Waals surface area contributed by atoms with Crippen molar-refractivity contribution < 1.29 is 14.7 Å². The third-order valence-corrected chi connectivity index (χ3v) is 5.42. The van der Waals surface area contributed by atoms with E-state index in [0.29, 0.717) is 12.5 Å². The van der Waals surface area contributed by atoms with Crippen LogP contribution in [-0.4, -0.2) is 56.9 Å². The van der Waals surface area contributed by atoms with Crippen molar-refractivity contribution in [2.75, 3.05) is 7.05 Å². The highest BCUT2D eigenvalue weighted by Crippen LogP contribution is 2.30. The van der Waals surface area contributed by atoms with Gasteiger partial charge in [-0.3, -0.25) is 4.79 Å². The predicted molar refractivity (Wildman–Crippen MR) is 94.1 cm³/mol. The van der Waals surface area contributed by atoms with Crippen LogP contribution >= 0.6 is 11.3 Å². The summed E-state index contributed by atoms with van der Waals surface area (Å²) in [6.07, 6.45) is 1.05. The molecule has 1 aliphatic carbocycles. The number of carbonyl (C=O) groups is 2. The van der Waals surface area contributed by atoms with Gasteiger partial charge in [-0.25, -0.2) is 9.78 Å². The molecule has 0 aliphatic heterocycles. The van der Waals surface area contributed by atoms with Gasteiger partial charge in [0.15, 0.2) is 5.78 Å². The van der Waals surface area contributed by atoms with E-state index in [1.54, 1.807) is 23.3 Å². The minimum absolute atomic E-state index is 0.200. The van der Waals surface area contributed by atoms with Gasteiger partial charge in [-0.1, -0.05) is 13.8 Å². The zero-order chi connectivity index (χ0) is 18.0. The molecule has 1 aromatic rings. The summed E-state index contributed by atoms with van der Waals surface area (Å²) in [5.74, 6) is 0.154. The highest BCUT2D eigenvalue weighted by Gasteiger charge is 2.38. The molecule has 0 bridgehead atoms. The average Bonchev–Trinajstić information content (AvgIpc) is 3.21. The lowest BCUT2D eigenvalue weighted by atomic mass is 10.1. The molecule has 6 nitrogen and oxygen atoms in total. The number of ketones is 1. The van der Waals surface area contributed by atoms with Crippen molar-refractivity contribution >= 4 is 23.2 Å². The van der Waals surface area contributed by atoms with E-state index in [2.05, 4.69) is 18.8 Å². The van der Waals surface area contributed by atoms with Crippen molar-refractivity contribution in [3.63, 3.8) is 0 Å². The maximum atomic E-state index is 12.9. The molecule has 24 heavy (non-hydrogen) atoms. The minimum atomic E-state index is -0.899. The number of rotatable bonds is 7. The van der Waals surface area contributed by atoms with Crippen LogP contribution in [-0.2, 0) is 11.3 Å². The molecule has 2 rings (SSSR count). The molecule has 1 aliphatic rings. The second-order valence-corrected chi connectivity index (χ2v) is 7.77. The Morgan fingerprint density at radius 3 is 2.42 bits per heavy atom. The Morgan fingerprint density at radius 2 is 2.00 bits per heavy atom. The molecule has 0 spiro atoms. The fourth-order valence-electron chi connectivity index (χ4n) is 2.83. The Kier molecular flexibility index (Phi) is 5.98. The molecule has 0 aromatic carbocycles. The Labute approximate surface area is 147 Å². The number of hydrogen-bond acceptors (Lipinski definition) is 5. The maximum Gasteiger partial charge on any atom is 0.321 e. The van der Waals surface area contributed by atoms with E-state index in [0.717, 1.165) is 23.5 Å². The van der Waals surface area contributed by atoms with E-state index >= 15 is 0 Å². The quantitative estimate of drug-likeness (QED) is 0.818. The number of urea groups is 1. The second kappa shape index (κ2) is 7.61. The van der Waals surface area contributed by atoms with Crippen LogP contribution in [0, 0.1) is 0 Å². The van der Waals surface area contributed by atoms with Crippen LogP contribution in [0.1, 0.15) is 57.2 Å². The minimum Gasteiger partial charge on any atom is -0.391 e. The van der Waals surface area contributed by atoms with Crippen LogP contribution in [0.3, 0.4) is 0 Å². The third-order valence-electron chi connectivity index (χ3n) is 4.22. The molecule has 1 heterocycles. The molecule has 2 unspecified atom stereocenters. The average molecular weight is 353 g/mol. The lowest BCUT2D eigenvalue weighted by Gasteiger charge is -2.33. The first-order valence-corrected chi connectivity index (χ1v) is 9.26. The topological polar surface area (TPSA) is 73.7 Å². The fourth-order valence-corrected chi connectivity index (χ4v) is 3.66. The highest BCUT2D eigenvalue weighted by molar-refractivity contribution is 7.09. The van der Waals surface area contributed by atoms with Crippen LogP contribution < -0.4 is 0 Å². The van der Waals surface area contributed by atoms with Crippen LogP contribution in [0.15, 0.2) is 5.38 Å². The van der Waals surface area contributed by atoms with Crippen molar-refractivity contribution in [1.29, 1.82) is 0 Å². The zero-order valence-electron chi connectivity index (χ0n) is 15.0. The number of nitrogens with zero attached hydrogens (tertiary/aromatic N) is 3. The lowest BCUT2D eigenvalue weighted by Crippen LogP contribution is -2.53. The molecule has 2 atom stereocenters. The van der Waals surface area contributed by atoms with Crippen LogP contribution in [0.4, 0.5) is 4.79 Å². The van der Waals surface area contributed by atoms with Crippen molar-refractivity contribution in [3.8, 4) is 0 Å². The largest absolute Gasteiger partial charge is 0.391 e. The summed E-state index contributed by atoms with van der Waals surface area (Å²) >= 11 is 1.61. The number of hydrogen-bond donors (Lipinski definition) is 1. The molecule has 7 heteroatoms. The molecular formula is C17H27N3O3S. The first-order valence-electron chi connectivity index (χ1n) is 8.38. The van der Waals surface area contributed by atoms with E-state index < -0.39 is 12.1 Å². The summed E-state index contributed by atoms with van der Waals surface area (Å²) in [6, 6.07) is -0.844. The summed E-state index contributed by atoms with van der Waals surface area (Å²) in [5, 5.41) is 12.9. The number of Topliss-reactive ketones (excluding diaryl/α,β-unsaturated/α-hetero) is 1. The predicted octanol–water partition coefficient (Wildman–Crippen LogP) is 2.62.